The standard InChI is InChI=1S/C23H22FNO3/c1-18(26)25(17-19-9-5-7-13-22(19)27-16-15-24)21-12-6-8-14-23(21)28-20-10-3-2-4-11-20/h2-14H,15-17H2,1H3/i24-1. The van der Waals surface area contributed by atoms with Gasteiger partial charge in [0.05, 0.1) is 12.2 Å². The van der Waals surface area contributed by atoms with Crippen LogP contribution in [0.5, 0.6) is 17.2 Å². The number of alkyl halides is 1. The first-order chi connectivity index (χ1) is 13.7. The second-order valence-electron chi connectivity index (χ2n) is 6.13. The minimum Gasteiger partial charge on any atom is -0.491 e. The molecule has 0 fully saturated rings. The van der Waals surface area contributed by atoms with Gasteiger partial charge in [0.1, 0.15) is 24.8 Å². The molecule has 0 atom stereocenters. The van der Waals surface area contributed by atoms with E-state index in [0.717, 1.165) is 5.56 Å². The van der Waals surface area contributed by atoms with Gasteiger partial charge in [-0.1, -0.05) is 48.5 Å². The highest BCUT2D eigenvalue weighted by Gasteiger charge is 2.19. The van der Waals surface area contributed by atoms with Crippen LogP contribution in [0.3, 0.4) is 0 Å². The van der Waals surface area contributed by atoms with Crippen molar-refractivity contribution in [2.45, 2.75) is 13.5 Å². The maximum atomic E-state index is 12.5. The Balaban J connectivity index is 1.91. The third kappa shape index (κ3) is 4.88. The summed E-state index contributed by atoms with van der Waals surface area (Å²) in [5.41, 5.74) is 1.44. The molecule has 0 saturated carbocycles. The average molecular weight is 378 g/mol. The molecule has 4 nitrogen and oxygen atoms in total. The van der Waals surface area contributed by atoms with Crippen LogP contribution >= 0.6 is 0 Å². The lowest BCUT2D eigenvalue weighted by Crippen LogP contribution is -2.28. The Kier molecular flexibility index (Phi) is 6.63. The Morgan fingerprint density at radius 3 is 2.25 bits per heavy atom. The number of carbonyl (C=O) groups excluding carboxylic acids is 1. The fourth-order valence-corrected chi connectivity index (χ4v) is 2.84. The van der Waals surface area contributed by atoms with Crippen LogP contribution in [-0.4, -0.2) is 19.2 Å². The number of hydrogen-bond acceptors (Lipinski definition) is 3. The molecule has 0 N–H and O–H groups in total. The Bertz CT molecular complexity index is 914. The summed E-state index contributed by atoms with van der Waals surface area (Å²) in [6.45, 7) is 1.20. The van der Waals surface area contributed by atoms with Gasteiger partial charge in [-0.25, -0.2) is 4.39 Å². The van der Waals surface area contributed by atoms with E-state index >= 15 is 0 Å². The Hall–Kier alpha value is -3.34. The number of para-hydroxylation sites is 4. The zero-order chi connectivity index (χ0) is 19.8. The summed E-state index contributed by atoms with van der Waals surface area (Å²) in [6.07, 6.45) is 0. The highest BCUT2D eigenvalue weighted by atomic mass is 18.2. The van der Waals surface area contributed by atoms with Gasteiger partial charge in [-0.15, -0.1) is 0 Å². The summed E-state index contributed by atoms with van der Waals surface area (Å²) in [5, 5.41) is 0. The van der Waals surface area contributed by atoms with Crippen molar-refractivity contribution < 1.29 is 18.7 Å². The van der Waals surface area contributed by atoms with Gasteiger partial charge < -0.3 is 14.4 Å². The first-order valence-electron chi connectivity index (χ1n) is 9.05. The molecule has 1 amide bonds. The first-order valence-corrected chi connectivity index (χ1v) is 9.05. The normalized spacial score (nSPS) is 10.4. The molecule has 5 heteroatoms. The minimum absolute atomic E-state index is 0.0230. The maximum Gasteiger partial charge on any atom is 0.224 e. The zero-order valence-electron chi connectivity index (χ0n) is 15.7. The number of carbonyl (C=O) groups is 1. The van der Waals surface area contributed by atoms with Crippen molar-refractivity contribution in [2.24, 2.45) is 0 Å². The van der Waals surface area contributed by atoms with Crippen LogP contribution in [0.4, 0.5) is 10.1 Å². The van der Waals surface area contributed by atoms with Crippen LogP contribution in [0.1, 0.15) is 12.5 Å². The molecule has 3 rings (SSSR count). The number of halogens is 1. The number of anilines is 1. The summed E-state index contributed by atoms with van der Waals surface area (Å²) >= 11 is 0. The molecule has 0 spiro atoms. The number of nitrogens with zero attached hydrogens (tertiary/aromatic N) is 1. The number of hydrogen-bond donors (Lipinski definition) is 0. The van der Waals surface area contributed by atoms with E-state index in [1.165, 1.54) is 6.92 Å². The van der Waals surface area contributed by atoms with Gasteiger partial charge >= 0.3 is 0 Å². The third-order valence-electron chi connectivity index (χ3n) is 4.14. The summed E-state index contributed by atoms with van der Waals surface area (Å²) in [5.74, 6) is 1.69. The minimum atomic E-state index is -0.571. The highest BCUT2D eigenvalue weighted by Crippen LogP contribution is 2.34. The monoisotopic (exact) mass is 378 g/mol. The van der Waals surface area contributed by atoms with Gasteiger partial charge in [0.25, 0.3) is 0 Å². The lowest BCUT2D eigenvalue weighted by atomic mass is 10.1. The van der Waals surface area contributed by atoms with Crippen molar-refractivity contribution in [3.8, 4) is 17.2 Å². The molecule has 3 aromatic rings. The predicted octanol–water partition coefficient (Wildman–Crippen LogP) is 5.38. The quantitative estimate of drug-likeness (QED) is 0.528. The summed E-state index contributed by atoms with van der Waals surface area (Å²) in [4.78, 5) is 14.1. The van der Waals surface area contributed by atoms with Crippen molar-refractivity contribution >= 4 is 11.6 Å². The Morgan fingerprint density at radius 2 is 1.54 bits per heavy atom. The van der Waals surface area contributed by atoms with E-state index in [0.29, 0.717) is 22.9 Å². The molecule has 0 radical (unpaired) electrons. The molecular weight excluding hydrogens is 356 g/mol. The van der Waals surface area contributed by atoms with E-state index in [2.05, 4.69) is 0 Å². The molecule has 144 valence electrons. The molecule has 0 aromatic heterocycles. The number of rotatable bonds is 8. The van der Waals surface area contributed by atoms with Crippen molar-refractivity contribution in [3.63, 3.8) is 0 Å². The number of ether oxygens (including phenoxy) is 2. The Labute approximate surface area is 164 Å². The van der Waals surface area contributed by atoms with Crippen LogP contribution in [0.2, 0.25) is 0 Å². The van der Waals surface area contributed by atoms with E-state index in [1.807, 2.05) is 72.8 Å². The second kappa shape index (κ2) is 9.55. The fraction of sp³-hybridized carbons (Fsp3) is 0.174. The van der Waals surface area contributed by atoms with Crippen LogP contribution < -0.4 is 14.4 Å². The molecule has 28 heavy (non-hydrogen) atoms. The van der Waals surface area contributed by atoms with Gasteiger partial charge in [0, 0.05) is 12.5 Å². The van der Waals surface area contributed by atoms with Gasteiger partial charge in [0.15, 0.2) is 5.75 Å². The molecule has 0 heterocycles. The largest absolute Gasteiger partial charge is 0.491 e. The number of benzene rings is 3. The summed E-state index contributed by atoms with van der Waals surface area (Å²) in [6, 6.07) is 24.1. The maximum absolute atomic E-state index is 12.5. The molecule has 0 aliphatic rings. The molecular formula is C23H22FNO3. The van der Waals surface area contributed by atoms with Crippen LogP contribution in [0.15, 0.2) is 78.9 Å². The van der Waals surface area contributed by atoms with E-state index in [-0.39, 0.29) is 19.1 Å². The molecule has 0 aliphatic carbocycles. The first kappa shape index (κ1) is 19.4. The van der Waals surface area contributed by atoms with E-state index in [1.54, 1.807) is 11.0 Å². The van der Waals surface area contributed by atoms with Crippen LogP contribution in [0.25, 0.3) is 0 Å². The predicted molar refractivity (Wildman–Crippen MR) is 108 cm³/mol. The zero-order valence-corrected chi connectivity index (χ0v) is 15.7. The third-order valence-corrected chi connectivity index (χ3v) is 4.14. The second-order valence-corrected chi connectivity index (χ2v) is 6.13. The number of amides is 1. The van der Waals surface area contributed by atoms with E-state index in [9.17, 15) is 9.18 Å². The average Bonchev–Trinajstić information content (AvgIpc) is 2.72. The Morgan fingerprint density at radius 1 is 0.893 bits per heavy atom. The van der Waals surface area contributed by atoms with Crippen molar-refractivity contribution in [1.29, 1.82) is 0 Å². The smallest absolute Gasteiger partial charge is 0.224 e. The fourth-order valence-electron chi connectivity index (χ4n) is 2.84. The molecule has 3 aromatic carbocycles. The highest BCUT2D eigenvalue weighted by molar-refractivity contribution is 5.93. The van der Waals surface area contributed by atoms with Crippen molar-refractivity contribution in [1.82, 2.24) is 0 Å². The molecule has 0 unspecified atom stereocenters. The van der Waals surface area contributed by atoms with Crippen molar-refractivity contribution in [2.75, 3.05) is 18.2 Å². The van der Waals surface area contributed by atoms with Crippen LogP contribution in [0, 0.1) is 0 Å². The molecule has 0 bridgehead atoms. The lowest BCUT2D eigenvalue weighted by molar-refractivity contribution is -0.116. The van der Waals surface area contributed by atoms with E-state index < -0.39 is 6.67 Å². The summed E-state index contributed by atoms with van der Waals surface area (Å²) in [7, 11) is 0. The van der Waals surface area contributed by atoms with Gasteiger partial charge in [-0.2, -0.15) is 0 Å². The van der Waals surface area contributed by atoms with Gasteiger partial charge in [0.2, 0.25) is 5.91 Å². The van der Waals surface area contributed by atoms with Crippen LogP contribution in [-0.2, 0) is 11.3 Å². The molecule has 0 saturated heterocycles. The van der Waals surface area contributed by atoms with Crippen molar-refractivity contribution in [3.05, 3.63) is 84.4 Å². The molecule has 0 aliphatic heterocycles. The summed E-state index contributed by atoms with van der Waals surface area (Å²) < 4.78 is 24.0. The van der Waals surface area contributed by atoms with Gasteiger partial charge in [-0.3, -0.25) is 4.79 Å². The SMILES string of the molecule is CC(=O)N(Cc1ccccc1OCC[18F])c1ccccc1Oc1ccccc1. The van der Waals surface area contributed by atoms with E-state index in [4.69, 9.17) is 9.47 Å². The lowest BCUT2D eigenvalue weighted by Gasteiger charge is -2.25. The van der Waals surface area contributed by atoms with Gasteiger partial charge in [-0.05, 0) is 30.3 Å². The topological polar surface area (TPSA) is 38.8 Å².